The highest BCUT2D eigenvalue weighted by atomic mass is 35.5. The lowest BCUT2D eigenvalue weighted by Gasteiger charge is -2.06. The zero-order chi connectivity index (χ0) is 10.9. The monoisotopic (exact) mass is 246 g/mol. The molecule has 0 aliphatic carbocycles. The quantitative estimate of drug-likeness (QED) is 0.806. The van der Waals surface area contributed by atoms with E-state index in [9.17, 15) is 8.42 Å². The fourth-order valence-corrected chi connectivity index (χ4v) is 2.37. The van der Waals surface area contributed by atoms with Crippen LogP contribution in [-0.2, 0) is 16.8 Å². The Balaban J connectivity index is 1.95. The van der Waals surface area contributed by atoms with Gasteiger partial charge in [0.15, 0.2) is 0 Å². The highest BCUT2D eigenvalue weighted by molar-refractivity contribution is 7.87. The second-order valence-corrected chi connectivity index (χ2v) is 5.54. The summed E-state index contributed by atoms with van der Waals surface area (Å²) in [5, 5.41) is 0.646. The molecule has 1 fully saturated rings. The van der Waals surface area contributed by atoms with Gasteiger partial charge in [-0.15, -0.1) is 0 Å². The number of nitrogens with zero attached hydrogens (tertiary/aromatic N) is 1. The molecule has 0 bridgehead atoms. The average Bonchev–Trinajstić information content (AvgIpc) is 3.00. The first-order valence-corrected chi connectivity index (χ1v) is 6.39. The van der Waals surface area contributed by atoms with E-state index in [4.69, 9.17) is 11.6 Å². The third-order valence-corrected chi connectivity index (χ3v) is 3.92. The molecule has 1 saturated heterocycles. The number of halogens is 1. The summed E-state index contributed by atoms with van der Waals surface area (Å²) in [6, 6.07) is 7.07. The van der Waals surface area contributed by atoms with Crippen LogP contribution < -0.4 is 4.72 Å². The summed E-state index contributed by atoms with van der Waals surface area (Å²) in [7, 11) is -3.25. The largest absolute Gasteiger partial charge is 0.279 e. The van der Waals surface area contributed by atoms with Crippen LogP contribution in [0.5, 0.6) is 0 Å². The zero-order valence-electron chi connectivity index (χ0n) is 7.98. The summed E-state index contributed by atoms with van der Waals surface area (Å²) in [4.78, 5) is 0. The molecule has 2 rings (SSSR count). The third-order valence-electron chi connectivity index (χ3n) is 2.12. The van der Waals surface area contributed by atoms with E-state index in [1.807, 2.05) is 0 Å². The lowest BCUT2D eigenvalue weighted by Crippen LogP contribution is -2.29. The van der Waals surface area contributed by atoms with Crippen LogP contribution in [0.4, 0.5) is 0 Å². The average molecular weight is 247 g/mol. The van der Waals surface area contributed by atoms with E-state index in [0.717, 1.165) is 5.56 Å². The second-order valence-electron chi connectivity index (χ2n) is 3.35. The Hall–Kier alpha value is -0.620. The van der Waals surface area contributed by atoms with Crippen molar-refractivity contribution >= 4 is 21.8 Å². The fourth-order valence-electron chi connectivity index (χ4n) is 1.15. The number of benzene rings is 1. The van der Waals surface area contributed by atoms with Gasteiger partial charge in [-0.3, -0.25) is 0 Å². The molecule has 1 heterocycles. The summed E-state index contributed by atoms with van der Waals surface area (Å²) in [5.74, 6) is 0. The molecule has 0 unspecified atom stereocenters. The van der Waals surface area contributed by atoms with Gasteiger partial charge >= 0.3 is 0 Å². The van der Waals surface area contributed by atoms with Crippen molar-refractivity contribution in [2.75, 3.05) is 13.1 Å². The van der Waals surface area contributed by atoms with E-state index in [-0.39, 0.29) is 0 Å². The van der Waals surface area contributed by atoms with Gasteiger partial charge in [-0.25, -0.2) is 0 Å². The van der Waals surface area contributed by atoms with Gasteiger partial charge in [-0.2, -0.15) is 17.4 Å². The van der Waals surface area contributed by atoms with Crippen LogP contribution in [-0.4, -0.2) is 25.8 Å². The number of nitrogens with one attached hydrogen (secondary N) is 1. The molecule has 0 amide bonds. The SMILES string of the molecule is O=S(=O)(NCc1ccc(Cl)cc1)N1CC1. The first-order chi connectivity index (χ1) is 7.08. The molecule has 0 radical (unpaired) electrons. The molecule has 4 nitrogen and oxygen atoms in total. The molecule has 1 N–H and O–H groups in total. The minimum atomic E-state index is -3.25. The van der Waals surface area contributed by atoms with Crippen LogP contribution in [0.15, 0.2) is 24.3 Å². The number of hydrogen-bond acceptors (Lipinski definition) is 2. The Morgan fingerprint density at radius 2 is 1.87 bits per heavy atom. The predicted octanol–water partition coefficient (Wildman–Crippen LogP) is 0.990. The van der Waals surface area contributed by atoms with Crippen molar-refractivity contribution < 1.29 is 8.42 Å². The van der Waals surface area contributed by atoms with Crippen molar-refractivity contribution in [3.8, 4) is 0 Å². The van der Waals surface area contributed by atoms with Crippen molar-refractivity contribution in [3.63, 3.8) is 0 Å². The van der Waals surface area contributed by atoms with Gasteiger partial charge in [0.2, 0.25) is 0 Å². The van der Waals surface area contributed by atoms with Crippen LogP contribution in [0.3, 0.4) is 0 Å². The molecule has 0 saturated carbocycles. The Morgan fingerprint density at radius 3 is 2.40 bits per heavy atom. The van der Waals surface area contributed by atoms with Crippen molar-refractivity contribution in [2.45, 2.75) is 6.54 Å². The standard InChI is InChI=1S/C9H11ClN2O2S/c10-9-3-1-8(2-4-9)7-11-15(13,14)12-5-6-12/h1-4,11H,5-7H2. The Bertz CT molecular complexity index is 440. The molecule has 0 aromatic heterocycles. The zero-order valence-corrected chi connectivity index (χ0v) is 9.55. The topological polar surface area (TPSA) is 49.2 Å². The van der Waals surface area contributed by atoms with Crippen molar-refractivity contribution in [1.82, 2.24) is 9.03 Å². The molecular weight excluding hydrogens is 236 g/mol. The molecule has 6 heteroatoms. The van der Waals surface area contributed by atoms with Gasteiger partial charge in [0.05, 0.1) is 0 Å². The Labute approximate surface area is 94.0 Å². The molecule has 82 valence electrons. The highest BCUT2D eigenvalue weighted by Crippen LogP contribution is 2.12. The van der Waals surface area contributed by atoms with Crippen LogP contribution >= 0.6 is 11.6 Å². The molecule has 0 atom stereocenters. The van der Waals surface area contributed by atoms with E-state index in [2.05, 4.69) is 4.72 Å². The van der Waals surface area contributed by atoms with E-state index < -0.39 is 10.2 Å². The molecule has 1 aliphatic rings. The molecule has 1 aromatic rings. The van der Waals surface area contributed by atoms with Gasteiger partial charge in [0.25, 0.3) is 10.2 Å². The van der Waals surface area contributed by atoms with Crippen LogP contribution in [0.25, 0.3) is 0 Å². The maximum Gasteiger partial charge on any atom is 0.279 e. The first kappa shape index (κ1) is 10.9. The summed E-state index contributed by atoms with van der Waals surface area (Å²) in [6.07, 6.45) is 0. The van der Waals surface area contributed by atoms with Gasteiger partial charge in [0, 0.05) is 24.7 Å². The smallest absolute Gasteiger partial charge is 0.198 e. The minimum Gasteiger partial charge on any atom is -0.198 e. The number of rotatable bonds is 4. The van der Waals surface area contributed by atoms with Crippen LogP contribution in [0, 0.1) is 0 Å². The van der Waals surface area contributed by atoms with Crippen LogP contribution in [0.1, 0.15) is 5.56 Å². The molecule has 1 aromatic carbocycles. The lowest BCUT2D eigenvalue weighted by atomic mass is 10.2. The summed E-state index contributed by atoms with van der Waals surface area (Å²) < 4.78 is 26.7. The fraction of sp³-hybridized carbons (Fsp3) is 0.333. The molecule has 0 spiro atoms. The maximum atomic E-state index is 11.4. The van der Waals surface area contributed by atoms with Gasteiger partial charge in [0.1, 0.15) is 0 Å². The van der Waals surface area contributed by atoms with E-state index in [1.54, 1.807) is 24.3 Å². The van der Waals surface area contributed by atoms with Crippen molar-refractivity contribution in [3.05, 3.63) is 34.9 Å². The predicted molar refractivity (Wildman–Crippen MR) is 58.8 cm³/mol. The van der Waals surface area contributed by atoms with Crippen molar-refractivity contribution in [2.24, 2.45) is 0 Å². The third kappa shape index (κ3) is 2.92. The first-order valence-electron chi connectivity index (χ1n) is 4.57. The van der Waals surface area contributed by atoms with Crippen LogP contribution in [0.2, 0.25) is 5.02 Å². The molecule has 1 aliphatic heterocycles. The summed E-state index contributed by atoms with van der Waals surface area (Å²) in [5.41, 5.74) is 0.893. The lowest BCUT2D eigenvalue weighted by molar-refractivity contribution is 0.547. The summed E-state index contributed by atoms with van der Waals surface area (Å²) >= 11 is 5.72. The normalized spacial score (nSPS) is 16.6. The Kier molecular flexibility index (Phi) is 2.97. The highest BCUT2D eigenvalue weighted by Gasteiger charge is 2.31. The van der Waals surface area contributed by atoms with E-state index >= 15 is 0 Å². The van der Waals surface area contributed by atoms with Crippen molar-refractivity contribution in [1.29, 1.82) is 0 Å². The Morgan fingerprint density at radius 1 is 1.27 bits per heavy atom. The molecule has 15 heavy (non-hydrogen) atoms. The van der Waals surface area contributed by atoms with E-state index in [0.29, 0.717) is 24.7 Å². The molecular formula is C9H11ClN2O2S. The number of hydrogen-bond donors (Lipinski definition) is 1. The summed E-state index contributed by atoms with van der Waals surface area (Å²) in [6.45, 7) is 1.54. The second kappa shape index (κ2) is 4.09. The van der Waals surface area contributed by atoms with Gasteiger partial charge in [-0.05, 0) is 17.7 Å². The van der Waals surface area contributed by atoms with Gasteiger partial charge in [-0.1, -0.05) is 23.7 Å². The minimum absolute atomic E-state index is 0.302. The van der Waals surface area contributed by atoms with Gasteiger partial charge < -0.3 is 0 Å². The van der Waals surface area contributed by atoms with E-state index in [1.165, 1.54) is 4.31 Å². The maximum absolute atomic E-state index is 11.4.